The highest BCUT2D eigenvalue weighted by molar-refractivity contribution is 5.76. The van der Waals surface area contributed by atoms with Crippen LogP contribution in [0.2, 0.25) is 0 Å². The highest BCUT2D eigenvalue weighted by atomic mass is 16.8. The van der Waals surface area contributed by atoms with Crippen LogP contribution in [-0.4, -0.2) is 220 Å². The molecule has 8 unspecified atom stereocenters. The van der Waals surface area contributed by atoms with Gasteiger partial charge >= 0.3 is 11.9 Å². The van der Waals surface area contributed by atoms with Gasteiger partial charge in [-0.15, -0.1) is 0 Å². The molecule has 0 aromatic rings. The van der Waals surface area contributed by atoms with E-state index < -0.39 is 159 Å². The zero-order valence-electron chi connectivity index (χ0n) is 30.3. The number of esters is 2. The molecule has 4 rings (SSSR count). The number of carbonyl (C=O) groups is 4. The number of methoxy groups -OCH3 is 2. The average Bonchev–Trinajstić information content (AvgIpc) is 3.15. The Labute approximate surface area is 313 Å². The highest BCUT2D eigenvalue weighted by Gasteiger charge is 2.57. The van der Waals surface area contributed by atoms with E-state index in [1.54, 1.807) is 0 Å². The predicted molar refractivity (Wildman–Crippen MR) is 170 cm³/mol. The Hall–Kier alpha value is -2.76. The maximum atomic E-state index is 13.0. The fourth-order valence-electron chi connectivity index (χ4n) is 6.77. The molecule has 0 bridgehead atoms. The second kappa shape index (κ2) is 19.1. The van der Waals surface area contributed by atoms with Gasteiger partial charge in [-0.3, -0.25) is 9.59 Å². The topological polar surface area (TPSA) is 357 Å². The molecule has 4 heterocycles. The Balaban J connectivity index is 1.58. The van der Waals surface area contributed by atoms with Gasteiger partial charge < -0.3 is 99.2 Å². The van der Waals surface area contributed by atoms with Crippen LogP contribution in [0.25, 0.3) is 0 Å². The fraction of sp³-hybridized carbons (Fsp3) is 0.871. The standard InChI is InChI=1S/C31H50N2O22/c1-8-13(32-9(2)36)15(38)22(11(6-34)49-8)51-31-21(44)19(42)24(26(55-31)28(46)48-5)53-29-14(33-10(3)37)16(39)23(12(7-35)50-29)52-30-20(43)17(40)18(41)25(54-30)27(45)47-4/h8,11-26,29-31,34-35,38-44H,6-7H2,1-5H3,(H,32,36)(H,33,37)/t8-,11?,12?,13?,14?,15-,16-,17+,18-,19-,20?,21?,22-,23-,24-,25?,26?,29-,30+,31+/m0/s1. The van der Waals surface area contributed by atoms with Crippen molar-refractivity contribution in [2.75, 3.05) is 27.4 Å². The molecule has 2 amide bonds. The Bertz CT molecular complexity index is 1330. The molecule has 0 radical (unpaired) electrons. The van der Waals surface area contributed by atoms with E-state index >= 15 is 0 Å². The number of aliphatic hydroxyl groups is 9. The number of aliphatic hydroxyl groups excluding tert-OH is 9. The molecule has 0 saturated carbocycles. The van der Waals surface area contributed by atoms with Gasteiger partial charge in [-0.2, -0.15) is 0 Å². The molecule has 0 aliphatic carbocycles. The summed E-state index contributed by atoms with van der Waals surface area (Å²) >= 11 is 0. The number of nitrogens with one attached hydrogen (secondary N) is 2. The zero-order valence-corrected chi connectivity index (χ0v) is 30.3. The molecule has 316 valence electrons. The summed E-state index contributed by atoms with van der Waals surface area (Å²) in [6.45, 7) is 2.06. The summed E-state index contributed by atoms with van der Waals surface area (Å²) in [5, 5.41) is 101. The highest BCUT2D eigenvalue weighted by Crippen LogP contribution is 2.35. The van der Waals surface area contributed by atoms with Gasteiger partial charge in [-0.25, -0.2) is 9.59 Å². The number of carbonyl (C=O) groups excluding carboxylic acids is 4. The van der Waals surface area contributed by atoms with E-state index in [9.17, 15) is 65.1 Å². The summed E-state index contributed by atoms with van der Waals surface area (Å²) in [6.07, 6.45) is -32.3. The number of rotatable bonds is 12. The van der Waals surface area contributed by atoms with E-state index in [0.717, 1.165) is 21.1 Å². The average molecular weight is 803 g/mol. The van der Waals surface area contributed by atoms with E-state index in [1.165, 1.54) is 13.8 Å². The minimum absolute atomic E-state index is 0.532. The number of hydrogen-bond acceptors (Lipinski definition) is 22. The molecule has 20 atom stereocenters. The van der Waals surface area contributed by atoms with Crippen molar-refractivity contribution in [1.29, 1.82) is 0 Å². The predicted octanol–water partition coefficient (Wildman–Crippen LogP) is -8.03. The second-order valence-corrected chi connectivity index (χ2v) is 13.4. The molecule has 4 aliphatic rings. The third kappa shape index (κ3) is 9.69. The van der Waals surface area contributed by atoms with Crippen molar-refractivity contribution in [3.63, 3.8) is 0 Å². The first-order chi connectivity index (χ1) is 25.9. The second-order valence-electron chi connectivity index (χ2n) is 13.4. The molecular formula is C31H50N2O22. The molecule has 4 saturated heterocycles. The third-order valence-electron chi connectivity index (χ3n) is 9.59. The van der Waals surface area contributed by atoms with Crippen molar-refractivity contribution in [2.24, 2.45) is 0 Å². The number of ether oxygens (including phenoxy) is 9. The number of hydrogen-bond donors (Lipinski definition) is 11. The maximum absolute atomic E-state index is 13.0. The van der Waals surface area contributed by atoms with Crippen molar-refractivity contribution >= 4 is 23.8 Å². The molecule has 55 heavy (non-hydrogen) atoms. The first-order valence-corrected chi connectivity index (χ1v) is 17.2. The van der Waals surface area contributed by atoms with Crippen molar-refractivity contribution in [3.05, 3.63) is 0 Å². The molecule has 4 aliphatic heterocycles. The van der Waals surface area contributed by atoms with Crippen LogP contribution in [0.15, 0.2) is 0 Å². The van der Waals surface area contributed by atoms with Gasteiger partial charge in [0.15, 0.2) is 31.1 Å². The summed E-state index contributed by atoms with van der Waals surface area (Å²) in [6, 6.07) is -2.75. The van der Waals surface area contributed by atoms with Crippen LogP contribution in [0, 0.1) is 0 Å². The van der Waals surface area contributed by atoms with E-state index in [2.05, 4.69) is 15.4 Å². The van der Waals surface area contributed by atoms with Crippen LogP contribution in [0.1, 0.15) is 20.8 Å². The molecule has 24 nitrogen and oxygen atoms in total. The Morgan fingerprint density at radius 3 is 1.47 bits per heavy atom. The van der Waals surface area contributed by atoms with Crippen molar-refractivity contribution in [3.8, 4) is 0 Å². The van der Waals surface area contributed by atoms with Crippen LogP contribution in [0.4, 0.5) is 0 Å². The van der Waals surface area contributed by atoms with E-state index in [4.69, 9.17) is 37.9 Å². The largest absolute Gasteiger partial charge is 0.467 e. The van der Waals surface area contributed by atoms with Crippen molar-refractivity contribution in [1.82, 2.24) is 10.6 Å². The van der Waals surface area contributed by atoms with Gasteiger partial charge in [0.25, 0.3) is 0 Å². The molecule has 0 aromatic heterocycles. The van der Waals surface area contributed by atoms with Crippen LogP contribution >= 0.6 is 0 Å². The lowest BCUT2D eigenvalue weighted by molar-refractivity contribution is -0.368. The van der Waals surface area contributed by atoms with Crippen LogP contribution < -0.4 is 10.6 Å². The Morgan fingerprint density at radius 2 is 0.964 bits per heavy atom. The molecule has 24 heteroatoms. The molecule has 11 N–H and O–H groups in total. The quantitative estimate of drug-likeness (QED) is 0.0816. The van der Waals surface area contributed by atoms with Gasteiger partial charge in [0.05, 0.1) is 39.6 Å². The summed E-state index contributed by atoms with van der Waals surface area (Å²) < 4.78 is 49.1. The third-order valence-corrected chi connectivity index (χ3v) is 9.59. The first-order valence-electron chi connectivity index (χ1n) is 17.2. The van der Waals surface area contributed by atoms with Gasteiger partial charge in [0.2, 0.25) is 11.8 Å². The molecule has 4 fully saturated rings. The fourth-order valence-corrected chi connectivity index (χ4v) is 6.77. The van der Waals surface area contributed by atoms with E-state index in [-0.39, 0.29) is 0 Å². The molecule has 0 aromatic carbocycles. The lowest BCUT2D eigenvalue weighted by Gasteiger charge is -2.49. The normalized spacial score (nSPS) is 44.9. The van der Waals surface area contributed by atoms with Gasteiger partial charge in [0, 0.05) is 13.8 Å². The zero-order chi connectivity index (χ0) is 41.0. The van der Waals surface area contributed by atoms with Gasteiger partial charge in [0.1, 0.15) is 79.3 Å². The molecule has 0 spiro atoms. The van der Waals surface area contributed by atoms with Gasteiger partial charge in [-0.05, 0) is 6.92 Å². The first kappa shape index (κ1) is 44.9. The van der Waals surface area contributed by atoms with E-state index in [0.29, 0.717) is 0 Å². The SMILES string of the molecule is COC(=O)C1O[C@@H](O[C@H]2C(CO)O[C@@H](O[C@@H]3C(C(=O)OC)O[C@@H](O[C@H]4C(CO)O[C@@H](C)C(NC(C)=O)[C@@H]4O)C(O)[C@@H]3O)C(NC(C)=O)[C@@H]2O)C(O)[C@H](O)[C@@H]1O. The van der Waals surface area contributed by atoms with Crippen LogP contribution in [-0.2, 0) is 61.8 Å². The van der Waals surface area contributed by atoms with Gasteiger partial charge in [-0.1, -0.05) is 0 Å². The minimum atomic E-state index is -2.13. The lowest BCUT2D eigenvalue weighted by Crippen LogP contribution is -2.70. The summed E-state index contributed by atoms with van der Waals surface area (Å²) in [5.41, 5.74) is 0. The number of amides is 2. The summed E-state index contributed by atoms with van der Waals surface area (Å²) in [7, 11) is 1.91. The van der Waals surface area contributed by atoms with E-state index in [1.807, 2.05) is 0 Å². The lowest BCUT2D eigenvalue weighted by atomic mass is 9.92. The summed E-state index contributed by atoms with van der Waals surface area (Å²) in [4.78, 5) is 49.3. The smallest absolute Gasteiger partial charge is 0.337 e. The summed E-state index contributed by atoms with van der Waals surface area (Å²) in [5.74, 6) is -3.68. The van der Waals surface area contributed by atoms with Crippen LogP contribution in [0.5, 0.6) is 0 Å². The van der Waals surface area contributed by atoms with Crippen molar-refractivity contribution in [2.45, 2.75) is 143 Å². The molecular weight excluding hydrogens is 752 g/mol. The monoisotopic (exact) mass is 802 g/mol. The minimum Gasteiger partial charge on any atom is -0.467 e. The maximum Gasteiger partial charge on any atom is 0.337 e. The Kier molecular flexibility index (Phi) is 15.6. The van der Waals surface area contributed by atoms with Crippen LogP contribution in [0.3, 0.4) is 0 Å². The Morgan fingerprint density at radius 1 is 0.527 bits per heavy atom. The van der Waals surface area contributed by atoms with Crippen molar-refractivity contribution < 1.29 is 108 Å².